The standard InChI is InChI=1S/C20H30N2O2/c1-2-24-18-9-4-3-6-14(18)10-11-22-20(23)17-12-15-7-5-8-16(13-17)19(15)21/h3-4,6,9,15-17,19H,2,5,7-8,10-13,21H2,1H3,(H,22,23). The van der Waals surface area contributed by atoms with Gasteiger partial charge in [-0.1, -0.05) is 24.6 Å². The van der Waals surface area contributed by atoms with Crippen molar-refractivity contribution in [1.82, 2.24) is 5.32 Å². The summed E-state index contributed by atoms with van der Waals surface area (Å²) < 4.78 is 5.65. The number of fused-ring (bicyclic) bond motifs is 2. The van der Waals surface area contributed by atoms with Crippen LogP contribution < -0.4 is 15.8 Å². The number of ether oxygens (including phenoxy) is 1. The monoisotopic (exact) mass is 330 g/mol. The van der Waals surface area contributed by atoms with Crippen LogP contribution in [-0.2, 0) is 11.2 Å². The summed E-state index contributed by atoms with van der Waals surface area (Å²) >= 11 is 0. The Kier molecular flexibility index (Phi) is 5.77. The zero-order chi connectivity index (χ0) is 16.9. The van der Waals surface area contributed by atoms with Crippen molar-refractivity contribution >= 4 is 5.91 Å². The summed E-state index contributed by atoms with van der Waals surface area (Å²) in [5, 5.41) is 3.14. The number of rotatable bonds is 6. The maximum atomic E-state index is 12.6. The molecule has 24 heavy (non-hydrogen) atoms. The van der Waals surface area contributed by atoms with E-state index in [1.54, 1.807) is 0 Å². The minimum Gasteiger partial charge on any atom is -0.494 e. The minimum atomic E-state index is 0.155. The Morgan fingerprint density at radius 1 is 1.25 bits per heavy atom. The fraction of sp³-hybridized carbons (Fsp3) is 0.650. The highest BCUT2D eigenvalue weighted by Crippen LogP contribution is 2.41. The summed E-state index contributed by atoms with van der Waals surface area (Å²) in [6.07, 6.45) is 6.43. The van der Waals surface area contributed by atoms with Crippen molar-refractivity contribution in [1.29, 1.82) is 0 Å². The molecular formula is C20H30N2O2. The van der Waals surface area contributed by atoms with Crippen molar-refractivity contribution in [3.63, 3.8) is 0 Å². The van der Waals surface area contributed by atoms with E-state index in [-0.39, 0.29) is 11.8 Å². The molecule has 2 aliphatic carbocycles. The van der Waals surface area contributed by atoms with Gasteiger partial charge < -0.3 is 15.8 Å². The average molecular weight is 330 g/mol. The lowest BCUT2D eigenvalue weighted by Gasteiger charge is -2.43. The Bertz CT molecular complexity index is 546. The SMILES string of the molecule is CCOc1ccccc1CCNC(=O)C1CC2CCCC(C1)C2N. The normalized spacial score (nSPS) is 29.1. The van der Waals surface area contributed by atoms with Crippen LogP contribution in [-0.4, -0.2) is 25.1 Å². The average Bonchev–Trinajstić information content (AvgIpc) is 2.56. The lowest BCUT2D eigenvalue weighted by Crippen LogP contribution is -2.49. The molecule has 0 aromatic heterocycles. The molecule has 2 unspecified atom stereocenters. The second-order valence-corrected chi connectivity index (χ2v) is 7.28. The summed E-state index contributed by atoms with van der Waals surface area (Å²) in [6.45, 7) is 3.32. The van der Waals surface area contributed by atoms with Gasteiger partial charge in [-0.3, -0.25) is 4.79 Å². The van der Waals surface area contributed by atoms with Gasteiger partial charge in [-0.25, -0.2) is 0 Å². The molecule has 3 N–H and O–H groups in total. The molecule has 2 atom stereocenters. The van der Waals surface area contributed by atoms with Crippen LogP contribution in [0.3, 0.4) is 0 Å². The predicted octanol–water partition coefficient (Wildman–Crippen LogP) is 2.90. The van der Waals surface area contributed by atoms with Crippen molar-refractivity contribution < 1.29 is 9.53 Å². The van der Waals surface area contributed by atoms with Crippen LogP contribution in [0.25, 0.3) is 0 Å². The smallest absolute Gasteiger partial charge is 0.223 e. The lowest BCUT2D eigenvalue weighted by molar-refractivity contribution is -0.127. The lowest BCUT2D eigenvalue weighted by atomic mass is 9.65. The summed E-state index contributed by atoms with van der Waals surface area (Å²) in [7, 11) is 0. The molecule has 2 fully saturated rings. The second-order valence-electron chi connectivity index (χ2n) is 7.28. The van der Waals surface area contributed by atoms with Gasteiger partial charge in [0.2, 0.25) is 5.91 Å². The zero-order valence-electron chi connectivity index (χ0n) is 14.7. The third-order valence-corrected chi connectivity index (χ3v) is 5.75. The first kappa shape index (κ1) is 17.3. The Morgan fingerprint density at radius 2 is 1.96 bits per heavy atom. The highest BCUT2D eigenvalue weighted by Gasteiger charge is 2.40. The van der Waals surface area contributed by atoms with E-state index >= 15 is 0 Å². The van der Waals surface area contributed by atoms with Gasteiger partial charge in [0.1, 0.15) is 5.75 Å². The van der Waals surface area contributed by atoms with Crippen LogP contribution in [0.2, 0.25) is 0 Å². The maximum Gasteiger partial charge on any atom is 0.223 e. The minimum absolute atomic E-state index is 0.155. The van der Waals surface area contributed by atoms with Gasteiger partial charge in [0.15, 0.2) is 0 Å². The Balaban J connectivity index is 1.50. The molecule has 132 valence electrons. The fourth-order valence-electron chi connectivity index (χ4n) is 4.47. The molecule has 2 saturated carbocycles. The van der Waals surface area contributed by atoms with E-state index in [1.165, 1.54) is 19.3 Å². The van der Waals surface area contributed by atoms with Crippen LogP contribution in [0.4, 0.5) is 0 Å². The molecule has 1 amide bonds. The van der Waals surface area contributed by atoms with Crippen LogP contribution >= 0.6 is 0 Å². The first-order chi connectivity index (χ1) is 11.7. The third kappa shape index (κ3) is 3.92. The van der Waals surface area contributed by atoms with Gasteiger partial charge in [0, 0.05) is 18.5 Å². The van der Waals surface area contributed by atoms with E-state index in [9.17, 15) is 4.79 Å². The molecule has 0 aliphatic heterocycles. The molecule has 0 radical (unpaired) electrons. The molecule has 3 rings (SSSR count). The van der Waals surface area contributed by atoms with Gasteiger partial charge in [0.25, 0.3) is 0 Å². The van der Waals surface area contributed by atoms with Crippen molar-refractivity contribution in [2.75, 3.05) is 13.2 Å². The number of hydrogen-bond donors (Lipinski definition) is 2. The summed E-state index contributed by atoms with van der Waals surface area (Å²) in [4.78, 5) is 12.6. The highest BCUT2D eigenvalue weighted by atomic mass is 16.5. The maximum absolute atomic E-state index is 12.6. The number of nitrogens with two attached hydrogens (primary N) is 1. The molecule has 1 aromatic rings. The number of nitrogens with one attached hydrogen (secondary N) is 1. The van der Waals surface area contributed by atoms with Gasteiger partial charge in [-0.15, -0.1) is 0 Å². The molecule has 0 spiro atoms. The van der Waals surface area contributed by atoms with Crippen LogP contribution in [0, 0.1) is 17.8 Å². The van der Waals surface area contributed by atoms with Crippen LogP contribution in [0.5, 0.6) is 5.75 Å². The number of amides is 1. The Hall–Kier alpha value is -1.55. The highest BCUT2D eigenvalue weighted by molar-refractivity contribution is 5.78. The van der Waals surface area contributed by atoms with Crippen LogP contribution in [0.15, 0.2) is 24.3 Å². The molecular weight excluding hydrogens is 300 g/mol. The van der Waals surface area contributed by atoms with Gasteiger partial charge in [0.05, 0.1) is 6.61 Å². The summed E-state index contributed by atoms with van der Waals surface area (Å²) in [5.74, 6) is 2.39. The number of carbonyl (C=O) groups is 1. The second kappa shape index (κ2) is 8.02. The zero-order valence-corrected chi connectivity index (χ0v) is 14.7. The topological polar surface area (TPSA) is 64.3 Å². The quantitative estimate of drug-likeness (QED) is 0.843. The number of hydrogen-bond acceptors (Lipinski definition) is 3. The molecule has 0 saturated heterocycles. The number of benzene rings is 1. The Morgan fingerprint density at radius 3 is 2.67 bits per heavy atom. The summed E-state index contributed by atoms with van der Waals surface area (Å²) in [5.41, 5.74) is 7.48. The number of carbonyl (C=O) groups excluding carboxylic acids is 1. The van der Waals surface area contributed by atoms with E-state index in [4.69, 9.17) is 10.5 Å². The number of para-hydroxylation sites is 1. The van der Waals surface area contributed by atoms with Gasteiger partial charge >= 0.3 is 0 Å². The van der Waals surface area contributed by atoms with Gasteiger partial charge in [-0.05, 0) is 62.5 Å². The first-order valence-electron chi connectivity index (χ1n) is 9.43. The van der Waals surface area contributed by atoms with E-state index in [0.717, 1.165) is 30.6 Å². The molecule has 2 bridgehead atoms. The van der Waals surface area contributed by atoms with E-state index in [0.29, 0.717) is 31.0 Å². The van der Waals surface area contributed by atoms with E-state index in [1.807, 2.05) is 25.1 Å². The van der Waals surface area contributed by atoms with E-state index in [2.05, 4.69) is 11.4 Å². The molecule has 1 aromatic carbocycles. The largest absolute Gasteiger partial charge is 0.494 e. The van der Waals surface area contributed by atoms with Gasteiger partial charge in [-0.2, -0.15) is 0 Å². The molecule has 4 nitrogen and oxygen atoms in total. The molecule has 2 aliphatic rings. The summed E-state index contributed by atoms with van der Waals surface area (Å²) in [6, 6.07) is 8.38. The Labute approximate surface area is 145 Å². The van der Waals surface area contributed by atoms with Crippen molar-refractivity contribution in [2.45, 2.75) is 51.5 Å². The van der Waals surface area contributed by atoms with Crippen LogP contribution in [0.1, 0.15) is 44.6 Å². The van der Waals surface area contributed by atoms with Crippen molar-refractivity contribution in [3.05, 3.63) is 29.8 Å². The predicted molar refractivity (Wildman–Crippen MR) is 95.9 cm³/mol. The third-order valence-electron chi connectivity index (χ3n) is 5.75. The molecule has 4 heteroatoms. The fourth-order valence-corrected chi connectivity index (χ4v) is 4.47. The molecule has 0 heterocycles. The van der Waals surface area contributed by atoms with Crippen molar-refractivity contribution in [3.8, 4) is 5.75 Å². The van der Waals surface area contributed by atoms with Crippen molar-refractivity contribution in [2.24, 2.45) is 23.5 Å². The van der Waals surface area contributed by atoms with E-state index < -0.39 is 0 Å². The first-order valence-corrected chi connectivity index (χ1v) is 9.43.